The third-order valence-electron chi connectivity index (χ3n) is 4.49. The maximum atomic E-state index is 12.3. The average Bonchev–Trinajstić information content (AvgIpc) is 3.25. The topological polar surface area (TPSA) is 97.4 Å². The van der Waals surface area contributed by atoms with Crippen molar-refractivity contribution in [2.45, 2.75) is 26.2 Å². The lowest BCUT2D eigenvalue weighted by molar-refractivity contribution is -0.115. The first kappa shape index (κ1) is 23.9. The Morgan fingerprint density at radius 1 is 1.03 bits per heavy atom. The minimum absolute atomic E-state index is 0.0625. The lowest BCUT2D eigenvalue weighted by atomic mass is 10.2. The number of ether oxygens (including phenoxy) is 1. The first-order valence-electron chi connectivity index (χ1n) is 10.6. The van der Waals surface area contributed by atoms with E-state index in [2.05, 4.69) is 15.6 Å². The Balaban J connectivity index is 1.47. The Morgan fingerprint density at radius 2 is 1.79 bits per heavy atom. The van der Waals surface area contributed by atoms with Gasteiger partial charge in [-0.15, -0.1) is 11.3 Å². The van der Waals surface area contributed by atoms with E-state index in [1.165, 1.54) is 17.4 Å². The van der Waals surface area contributed by atoms with Gasteiger partial charge in [-0.2, -0.15) is 0 Å². The summed E-state index contributed by atoms with van der Waals surface area (Å²) in [6.07, 6.45) is 5.00. The molecular weight excluding hydrogens is 438 g/mol. The minimum atomic E-state index is -0.378. The molecular formula is C25H25N3O4S. The van der Waals surface area contributed by atoms with E-state index in [1.807, 2.05) is 37.3 Å². The second kappa shape index (κ2) is 12.3. The highest BCUT2D eigenvalue weighted by Crippen LogP contribution is 2.17. The lowest BCUT2D eigenvalue weighted by Crippen LogP contribution is -2.15. The van der Waals surface area contributed by atoms with E-state index in [-0.39, 0.29) is 24.2 Å². The van der Waals surface area contributed by atoms with E-state index >= 15 is 0 Å². The Bertz CT molecular complexity index is 1110. The molecule has 0 unspecified atom stereocenters. The van der Waals surface area contributed by atoms with Crippen LogP contribution in [0.25, 0.3) is 6.08 Å². The number of aromatic nitrogens is 1. The summed E-state index contributed by atoms with van der Waals surface area (Å²) in [6.45, 7) is 2.42. The molecule has 0 radical (unpaired) electrons. The molecule has 2 amide bonds. The van der Waals surface area contributed by atoms with Crippen molar-refractivity contribution in [2.24, 2.45) is 0 Å². The van der Waals surface area contributed by atoms with E-state index in [9.17, 15) is 14.4 Å². The summed E-state index contributed by atoms with van der Waals surface area (Å²) in [5.74, 6) is -0.921. The molecule has 0 fully saturated rings. The molecule has 0 bridgehead atoms. The summed E-state index contributed by atoms with van der Waals surface area (Å²) in [7, 11) is 0. The number of carbonyl (C=O) groups excluding carboxylic acids is 3. The van der Waals surface area contributed by atoms with Crippen LogP contribution in [-0.4, -0.2) is 29.4 Å². The minimum Gasteiger partial charge on any atom is -0.462 e. The van der Waals surface area contributed by atoms with Crippen molar-refractivity contribution in [2.75, 3.05) is 17.2 Å². The van der Waals surface area contributed by atoms with Gasteiger partial charge in [0.05, 0.1) is 24.3 Å². The Morgan fingerprint density at radius 3 is 2.52 bits per heavy atom. The Kier molecular flexibility index (Phi) is 8.90. The van der Waals surface area contributed by atoms with E-state index in [4.69, 9.17) is 4.74 Å². The molecule has 170 valence electrons. The number of unbranched alkanes of at least 4 members (excludes halogenated alkanes) is 1. The van der Waals surface area contributed by atoms with Crippen molar-refractivity contribution in [1.82, 2.24) is 4.98 Å². The third kappa shape index (κ3) is 8.01. The van der Waals surface area contributed by atoms with Crippen molar-refractivity contribution >= 4 is 46.0 Å². The number of hydrogen-bond acceptors (Lipinski definition) is 6. The maximum Gasteiger partial charge on any atom is 0.338 e. The number of benzene rings is 2. The SMILES string of the molecule is CCCCOC(=O)c1ccc(NC(=O)Cc2csc(NC(=O)/C=C/c3ccccc3)n2)cc1. The summed E-state index contributed by atoms with van der Waals surface area (Å²) >= 11 is 1.25. The number of nitrogens with zero attached hydrogens (tertiary/aromatic N) is 1. The molecule has 0 aliphatic heterocycles. The molecule has 0 spiro atoms. The van der Waals surface area contributed by atoms with Crippen LogP contribution < -0.4 is 10.6 Å². The fourth-order valence-corrected chi connectivity index (χ4v) is 3.49. The molecule has 33 heavy (non-hydrogen) atoms. The number of anilines is 2. The van der Waals surface area contributed by atoms with Crippen LogP contribution >= 0.6 is 11.3 Å². The van der Waals surface area contributed by atoms with Crippen LogP contribution in [0.4, 0.5) is 10.8 Å². The standard InChI is InChI=1S/C25H25N3O4S/c1-2-3-15-32-24(31)19-10-12-20(13-11-19)26-23(30)16-21-17-33-25(27-21)28-22(29)14-9-18-7-5-4-6-8-18/h4-14,17H,2-3,15-16H2,1H3,(H,26,30)(H,27,28,29)/b14-9+. The molecule has 2 aromatic carbocycles. The normalized spacial score (nSPS) is 10.7. The molecule has 8 heteroatoms. The summed E-state index contributed by atoms with van der Waals surface area (Å²) in [5, 5.41) is 7.62. The van der Waals surface area contributed by atoms with Gasteiger partial charge in [-0.25, -0.2) is 9.78 Å². The largest absolute Gasteiger partial charge is 0.462 e. The predicted octanol–water partition coefficient (Wildman–Crippen LogP) is 4.93. The van der Waals surface area contributed by atoms with Crippen molar-refractivity contribution in [3.05, 3.63) is 82.9 Å². The van der Waals surface area contributed by atoms with Crippen molar-refractivity contribution in [1.29, 1.82) is 0 Å². The Hall–Kier alpha value is -3.78. The zero-order valence-electron chi connectivity index (χ0n) is 18.2. The van der Waals surface area contributed by atoms with Crippen molar-refractivity contribution in [3.63, 3.8) is 0 Å². The molecule has 3 rings (SSSR count). The molecule has 0 aliphatic carbocycles. The van der Waals surface area contributed by atoms with Crippen LogP contribution in [0.1, 0.15) is 41.4 Å². The van der Waals surface area contributed by atoms with Gasteiger partial charge in [0.25, 0.3) is 0 Å². The highest BCUT2D eigenvalue weighted by Gasteiger charge is 2.11. The first-order chi connectivity index (χ1) is 16.0. The highest BCUT2D eigenvalue weighted by molar-refractivity contribution is 7.14. The van der Waals surface area contributed by atoms with Gasteiger partial charge in [0.1, 0.15) is 0 Å². The second-order valence-electron chi connectivity index (χ2n) is 7.17. The van der Waals surface area contributed by atoms with Crippen LogP contribution in [0, 0.1) is 0 Å². The van der Waals surface area contributed by atoms with Crippen LogP contribution in [0.3, 0.4) is 0 Å². The molecule has 2 N–H and O–H groups in total. The summed E-state index contributed by atoms with van der Waals surface area (Å²) in [6, 6.07) is 16.0. The number of rotatable bonds is 10. The third-order valence-corrected chi connectivity index (χ3v) is 5.29. The van der Waals surface area contributed by atoms with Crippen LogP contribution in [0.2, 0.25) is 0 Å². The van der Waals surface area contributed by atoms with Gasteiger partial charge in [0, 0.05) is 17.1 Å². The van der Waals surface area contributed by atoms with Gasteiger partial charge in [0.15, 0.2) is 5.13 Å². The smallest absolute Gasteiger partial charge is 0.338 e. The molecule has 7 nitrogen and oxygen atoms in total. The maximum absolute atomic E-state index is 12.3. The monoisotopic (exact) mass is 463 g/mol. The Labute approximate surface area is 196 Å². The average molecular weight is 464 g/mol. The molecule has 0 saturated heterocycles. The quantitative estimate of drug-likeness (QED) is 0.252. The van der Waals surface area contributed by atoms with Crippen LogP contribution in [0.15, 0.2) is 66.1 Å². The molecule has 0 saturated carbocycles. The molecule has 0 aliphatic rings. The molecule has 3 aromatic rings. The number of hydrogen-bond donors (Lipinski definition) is 2. The van der Waals surface area contributed by atoms with E-state index in [0.29, 0.717) is 28.7 Å². The number of esters is 1. The predicted molar refractivity (Wildman–Crippen MR) is 130 cm³/mol. The van der Waals surface area contributed by atoms with Crippen LogP contribution in [-0.2, 0) is 20.7 Å². The summed E-state index contributed by atoms with van der Waals surface area (Å²) in [4.78, 5) is 40.6. The lowest BCUT2D eigenvalue weighted by Gasteiger charge is -2.06. The molecule has 1 heterocycles. The zero-order chi connectivity index (χ0) is 23.5. The number of carbonyl (C=O) groups is 3. The van der Waals surface area contributed by atoms with Gasteiger partial charge >= 0.3 is 5.97 Å². The number of thiazole rings is 1. The molecule has 0 atom stereocenters. The van der Waals surface area contributed by atoms with Crippen molar-refractivity contribution < 1.29 is 19.1 Å². The van der Waals surface area contributed by atoms with Crippen molar-refractivity contribution in [3.8, 4) is 0 Å². The van der Waals surface area contributed by atoms with E-state index in [1.54, 1.807) is 35.7 Å². The van der Waals surface area contributed by atoms with Gasteiger partial charge in [-0.05, 0) is 42.3 Å². The van der Waals surface area contributed by atoms with Gasteiger partial charge in [-0.3, -0.25) is 14.9 Å². The fourth-order valence-electron chi connectivity index (χ4n) is 2.78. The number of amides is 2. The van der Waals surface area contributed by atoms with Gasteiger partial charge < -0.3 is 10.1 Å². The number of nitrogens with one attached hydrogen (secondary N) is 2. The summed E-state index contributed by atoms with van der Waals surface area (Å²) < 4.78 is 5.17. The molecule has 1 aromatic heterocycles. The van der Waals surface area contributed by atoms with E-state index < -0.39 is 0 Å². The van der Waals surface area contributed by atoms with E-state index in [0.717, 1.165) is 18.4 Å². The zero-order valence-corrected chi connectivity index (χ0v) is 19.1. The highest BCUT2D eigenvalue weighted by atomic mass is 32.1. The van der Waals surface area contributed by atoms with Gasteiger partial charge in [0.2, 0.25) is 11.8 Å². The van der Waals surface area contributed by atoms with Gasteiger partial charge in [-0.1, -0.05) is 43.7 Å². The van der Waals surface area contributed by atoms with Crippen LogP contribution in [0.5, 0.6) is 0 Å². The first-order valence-corrected chi connectivity index (χ1v) is 11.5. The summed E-state index contributed by atoms with van der Waals surface area (Å²) in [5.41, 5.74) is 2.48. The second-order valence-corrected chi connectivity index (χ2v) is 8.03. The fraction of sp³-hybridized carbons (Fsp3) is 0.200.